The van der Waals surface area contributed by atoms with E-state index < -0.39 is 5.97 Å². The molecule has 84 valence electrons. The van der Waals surface area contributed by atoms with Crippen molar-refractivity contribution in [1.29, 1.82) is 0 Å². The minimum absolute atomic E-state index is 0.176. The van der Waals surface area contributed by atoms with Gasteiger partial charge in [-0.2, -0.15) is 0 Å². The van der Waals surface area contributed by atoms with Gasteiger partial charge in [0.15, 0.2) is 0 Å². The number of urea groups is 1. The Morgan fingerprint density at radius 3 is 2.75 bits per heavy atom. The quantitative estimate of drug-likeness (QED) is 0.783. The lowest BCUT2D eigenvalue weighted by molar-refractivity contribution is 0.0694. The highest BCUT2D eigenvalue weighted by molar-refractivity contribution is 5.90. The minimum atomic E-state index is -0.969. The average molecular weight is 220 g/mol. The zero-order valence-electron chi connectivity index (χ0n) is 8.80. The van der Waals surface area contributed by atoms with Crippen LogP contribution in [-0.4, -0.2) is 35.6 Å². The van der Waals surface area contributed by atoms with Crippen LogP contribution in [0.25, 0.3) is 0 Å². The van der Waals surface area contributed by atoms with Crippen LogP contribution >= 0.6 is 0 Å². The van der Waals surface area contributed by atoms with Crippen molar-refractivity contribution >= 4 is 12.0 Å². The van der Waals surface area contributed by atoms with Gasteiger partial charge in [0.25, 0.3) is 0 Å². The third-order valence-electron chi connectivity index (χ3n) is 2.78. The van der Waals surface area contributed by atoms with Gasteiger partial charge in [-0.3, -0.25) is 0 Å². The molecule has 1 saturated heterocycles. The molecule has 0 radical (unpaired) electrons. The lowest BCUT2D eigenvalue weighted by atomic mass is 10.0. The monoisotopic (exact) mass is 220 g/mol. The third-order valence-corrected chi connectivity index (χ3v) is 2.78. The molecule has 1 heterocycles. The van der Waals surface area contributed by atoms with E-state index in [-0.39, 0.29) is 17.6 Å². The highest BCUT2D eigenvalue weighted by Crippen LogP contribution is 2.25. The highest BCUT2D eigenvalue weighted by atomic mass is 16.4. The summed E-state index contributed by atoms with van der Waals surface area (Å²) in [5, 5.41) is 11.7. The Kier molecular flexibility index (Phi) is 2.52. The SMILES string of the molecule is CN1C(=O)NCC1c1ccccc1C(=O)O. The number of carbonyl (C=O) groups excluding carboxylic acids is 1. The predicted octanol–water partition coefficient (Wildman–Crippen LogP) is 1.08. The number of aromatic carboxylic acids is 1. The van der Waals surface area contributed by atoms with E-state index in [0.717, 1.165) is 0 Å². The van der Waals surface area contributed by atoms with Gasteiger partial charge in [-0.05, 0) is 11.6 Å². The number of rotatable bonds is 2. The van der Waals surface area contributed by atoms with E-state index in [2.05, 4.69) is 5.32 Å². The van der Waals surface area contributed by atoms with Gasteiger partial charge in [-0.1, -0.05) is 18.2 Å². The Morgan fingerprint density at radius 2 is 2.19 bits per heavy atom. The first-order valence-electron chi connectivity index (χ1n) is 4.94. The summed E-state index contributed by atoms with van der Waals surface area (Å²) < 4.78 is 0. The maximum Gasteiger partial charge on any atom is 0.336 e. The van der Waals surface area contributed by atoms with Crippen molar-refractivity contribution in [2.45, 2.75) is 6.04 Å². The van der Waals surface area contributed by atoms with Crippen molar-refractivity contribution in [3.8, 4) is 0 Å². The lowest BCUT2D eigenvalue weighted by Gasteiger charge is -2.19. The second kappa shape index (κ2) is 3.84. The summed E-state index contributed by atoms with van der Waals surface area (Å²) in [7, 11) is 1.66. The van der Waals surface area contributed by atoms with Crippen molar-refractivity contribution in [1.82, 2.24) is 10.2 Å². The van der Waals surface area contributed by atoms with E-state index in [9.17, 15) is 9.59 Å². The predicted molar refractivity (Wildman–Crippen MR) is 57.3 cm³/mol. The van der Waals surface area contributed by atoms with Gasteiger partial charge >= 0.3 is 12.0 Å². The number of nitrogens with zero attached hydrogens (tertiary/aromatic N) is 1. The maximum atomic E-state index is 11.3. The molecule has 2 N–H and O–H groups in total. The molecule has 1 atom stereocenters. The first-order chi connectivity index (χ1) is 7.61. The molecule has 1 fully saturated rings. The Labute approximate surface area is 92.7 Å². The number of carbonyl (C=O) groups is 2. The fraction of sp³-hybridized carbons (Fsp3) is 0.273. The molecule has 1 unspecified atom stereocenters. The molecule has 0 spiro atoms. The number of hydrogen-bond acceptors (Lipinski definition) is 2. The van der Waals surface area contributed by atoms with Gasteiger partial charge in [0.05, 0.1) is 11.6 Å². The molecule has 1 aromatic carbocycles. The molecule has 5 heteroatoms. The standard InChI is InChI=1S/C11H12N2O3/c1-13-9(6-12-11(13)16)7-4-2-3-5-8(7)10(14)15/h2-5,9H,6H2,1H3,(H,12,16)(H,14,15). The summed E-state index contributed by atoms with van der Waals surface area (Å²) in [6.07, 6.45) is 0. The zero-order valence-corrected chi connectivity index (χ0v) is 8.80. The second-order valence-corrected chi connectivity index (χ2v) is 3.71. The van der Waals surface area contributed by atoms with Gasteiger partial charge in [0.1, 0.15) is 0 Å². The van der Waals surface area contributed by atoms with E-state index in [1.165, 1.54) is 4.90 Å². The van der Waals surface area contributed by atoms with E-state index in [1.54, 1.807) is 31.3 Å². The summed E-state index contributed by atoms with van der Waals surface area (Å²) in [6, 6.07) is 6.36. The molecule has 1 aliphatic rings. The molecule has 2 amide bonds. The number of likely N-dealkylation sites (N-methyl/N-ethyl adjacent to an activating group) is 1. The molecule has 0 aliphatic carbocycles. The molecule has 1 aromatic rings. The van der Waals surface area contributed by atoms with Crippen molar-refractivity contribution in [3.63, 3.8) is 0 Å². The van der Waals surface area contributed by atoms with E-state index in [0.29, 0.717) is 12.1 Å². The number of carboxylic acids is 1. The third kappa shape index (κ3) is 1.60. The van der Waals surface area contributed by atoms with Crippen molar-refractivity contribution in [3.05, 3.63) is 35.4 Å². The van der Waals surface area contributed by atoms with Gasteiger partial charge in [0, 0.05) is 13.6 Å². The van der Waals surface area contributed by atoms with Crippen LogP contribution in [0.15, 0.2) is 24.3 Å². The number of benzene rings is 1. The van der Waals surface area contributed by atoms with Gasteiger partial charge in [0.2, 0.25) is 0 Å². The van der Waals surface area contributed by atoms with Crippen LogP contribution in [0.4, 0.5) is 4.79 Å². The largest absolute Gasteiger partial charge is 0.478 e. The van der Waals surface area contributed by atoms with Crippen LogP contribution < -0.4 is 5.32 Å². The van der Waals surface area contributed by atoms with E-state index in [4.69, 9.17) is 5.11 Å². The Hall–Kier alpha value is -2.04. The van der Waals surface area contributed by atoms with Crippen molar-refractivity contribution in [2.75, 3.05) is 13.6 Å². The number of nitrogens with one attached hydrogen (secondary N) is 1. The van der Waals surface area contributed by atoms with Crippen LogP contribution in [0.2, 0.25) is 0 Å². The minimum Gasteiger partial charge on any atom is -0.478 e. The van der Waals surface area contributed by atoms with Crippen LogP contribution in [0.3, 0.4) is 0 Å². The zero-order chi connectivity index (χ0) is 11.7. The van der Waals surface area contributed by atoms with Gasteiger partial charge in [-0.15, -0.1) is 0 Å². The molecule has 0 aromatic heterocycles. The van der Waals surface area contributed by atoms with Crippen LogP contribution in [0.1, 0.15) is 22.0 Å². The summed E-state index contributed by atoms with van der Waals surface area (Å²) in [4.78, 5) is 23.9. The smallest absolute Gasteiger partial charge is 0.336 e. The van der Waals surface area contributed by atoms with Gasteiger partial charge in [-0.25, -0.2) is 9.59 Å². The number of amides is 2. The van der Waals surface area contributed by atoms with Gasteiger partial charge < -0.3 is 15.3 Å². The Balaban J connectivity index is 2.41. The number of hydrogen-bond donors (Lipinski definition) is 2. The topological polar surface area (TPSA) is 69.6 Å². The maximum absolute atomic E-state index is 11.3. The van der Waals surface area contributed by atoms with Crippen molar-refractivity contribution < 1.29 is 14.7 Å². The normalized spacial score (nSPS) is 19.7. The summed E-state index contributed by atoms with van der Waals surface area (Å²) in [5.41, 5.74) is 0.909. The van der Waals surface area contributed by atoms with Crippen LogP contribution in [0.5, 0.6) is 0 Å². The molecule has 0 bridgehead atoms. The van der Waals surface area contributed by atoms with E-state index >= 15 is 0 Å². The molecule has 0 saturated carbocycles. The summed E-state index contributed by atoms with van der Waals surface area (Å²) in [5.74, 6) is -0.969. The molecule has 5 nitrogen and oxygen atoms in total. The summed E-state index contributed by atoms with van der Waals surface area (Å²) in [6.45, 7) is 0.444. The first kappa shape index (κ1) is 10.5. The average Bonchev–Trinajstić information content (AvgIpc) is 2.60. The molecule has 1 aliphatic heterocycles. The van der Waals surface area contributed by atoms with Crippen LogP contribution in [-0.2, 0) is 0 Å². The fourth-order valence-electron chi connectivity index (χ4n) is 1.89. The molecule has 2 rings (SSSR count). The number of carboxylic acid groups (broad SMARTS) is 1. The second-order valence-electron chi connectivity index (χ2n) is 3.71. The van der Waals surface area contributed by atoms with Crippen LogP contribution in [0, 0.1) is 0 Å². The van der Waals surface area contributed by atoms with E-state index in [1.807, 2.05) is 0 Å². The van der Waals surface area contributed by atoms with Crippen molar-refractivity contribution in [2.24, 2.45) is 0 Å². The molecular formula is C11H12N2O3. The molecular weight excluding hydrogens is 208 g/mol. The summed E-state index contributed by atoms with van der Waals surface area (Å²) >= 11 is 0. The highest BCUT2D eigenvalue weighted by Gasteiger charge is 2.30. The Bertz CT molecular complexity index is 445. The first-order valence-corrected chi connectivity index (χ1v) is 4.94. The Morgan fingerprint density at radius 1 is 1.50 bits per heavy atom. The fourth-order valence-corrected chi connectivity index (χ4v) is 1.89. The lowest BCUT2D eigenvalue weighted by Crippen LogP contribution is -2.26. The molecule has 16 heavy (non-hydrogen) atoms.